The number of aromatic nitrogens is 1. The number of nitrogens with zero attached hydrogens (tertiary/aromatic N) is 2. The van der Waals surface area contributed by atoms with Crippen molar-refractivity contribution in [1.29, 1.82) is 0 Å². The first kappa shape index (κ1) is 19.8. The zero-order valence-corrected chi connectivity index (χ0v) is 15.5. The second-order valence-corrected chi connectivity index (χ2v) is 6.18. The van der Waals surface area contributed by atoms with Gasteiger partial charge < -0.3 is 10.1 Å². The van der Waals surface area contributed by atoms with E-state index < -0.39 is 4.92 Å². The van der Waals surface area contributed by atoms with Crippen molar-refractivity contribution in [2.45, 2.75) is 13.2 Å². The molecular weight excluding hydrogens is 370 g/mol. The van der Waals surface area contributed by atoms with Crippen LogP contribution in [0.15, 0.2) is 79.0 Å². The Balaban J connectivity index is 1.52. The third-order valence-electron chi connectivity index (χ3n) is 4.00. The van der Waals surface area contributed by atoms with Crippen LogP contribution in [0, 0.1) is 10.1 Å². The van der Waals surface area contributed by atoms with Gasteiger partial charge in [-0.05, 0) is 28.8 Å². The lowest BCUT2D eigenvalue weighted by Gasteiger charge is -2.07. The normalized spacial score (nSPS) is 10.6. The number of benzene rings is 2. The molecule has 0 bridgehead atoms. The number of carbonyl (C=O) groups is 1. The van der Waals surface area contributed by atoms with Gasteiger partial charge in [0.25, 0.3) is 5.69 Å². The van der Waals surface area contributed by atoms with E-state index in [1.165, 1.54) is 24.3 Å². The van der Waals surface area contributed by atoms with Crippen molar-refractivity contribution in [1.82, 2.24) is 10.3 Å². The van der Waals surface area contributed by atoms with Crippen LogP contribution in [0.3, 0.4) is 0 Å². The Kier molecular flexibility index (Phi) is 6.67. The second kappa shape index (κ2) is 9.80. The molecule has 1 N–H and O–H groups in total. The van der Waals surface area contributed by atoms with Crippen LogP contribution in [0.1, 0.15) is 16.7 Å². The van der Waals surface area contributed by atoms with Gasteiger partial charge in [-0.3, -0.25) is 14.9 Å². The van der Waals surface area contributed by atoms with Gasteiger partial charge in [-0.15, -0.1) is 0 Å². The van der Waals surface area contributed by atoms with E-state index in [-0.39, 0.29) is 11.6 Å². The highest BCUT2D eigenvalue weighted by molar-refractivity contribution is 5.91. The van der Waals surface area contributed by atoms with Gasteiger partial charge in [0.2, 0.25) is 11.8 Å². The molecule has 0 fully saturated rings. The molecule has 29 heavy (non-hydrogen) atoms. The molecule has 0 radical (unpaired) electrons. The van der Waals surface area contributed by atoms with E-state index >= 15 is 0 Å². The van der Waals surface area contributed by atoms with Gasteiger partial charge in [0, 0.05) is 37.0 Å². The minimum Gasteiger partial charge on any atom is -0.473 e. The minimum absolute atomic E-state index is 0.0209. The number of nitro benzene ring substituents is 1. The Bertz CT molecular complexity index is 1020. The molecule has 0 saturated heterocycles. The van der Waals surface area contributed by atoms with Crippen LogP contribution >= 0.6 is 0 Å². The zero-order chi connectivity index (χ0) is 20.5. The highest BCUT2D eigenvalue weighted by Crippen LogP contribution is 2.14. The van der Waals surface area contributed by atoms with Crippen LogP contribution in [0.4, 0.5) is 5.69 Å². The van der Waals surface area contributed by atoms with Crippen molar-refractivity contribution in [3.05, 3.63) is 106 Å². The topological polar surface area (TPSA) is 94.4 Å². The number of amides is 1. The van der Waals surface area contributed by atoms with E-state index in [4.69, 9.17) is 4.74 Å². The molecule has 3 rings (SSSR count). The standard InChI is InChI=1S/C22H19N3O4/c26-21(10-9-17-7-4-8-20(13-17)25(27)28)24-15-19-11-12-23-22(14-19)29-16-18-5-2-1-3-6-18/h1-14H,15-16H2,(H,24,26). The molecule has 7 heteroatoms. The number of hydrogen-bond acceptors (Lipinski definition) is 5. The Morgan fingerprint density at radius 3 is 2.69 bits per heavy atom. The Labute approximate surface area is 167 Å². The number of rotatable bonds is 8. The largest absolute Gasteiger partial charge is 0.473 e. The zero-order valence-electron chi connectivity index (χ0n) is 15.5. The van der Waals surface area contributed by atoms with Crippen LogP contribution in [-0.4, -0.2) is 15.8 Å². The highest BCUT2D eigenvalue weighted by Gasteiger charge is 2.05. The Morgan fingerprint density at radius 2 is 1.90 bits per heavy atom. The van der Waals surface area contributed by atoms with Crippen molar-refractivity contribution in [3.63, 3.8) is 0 Å². The van der Waals surface area contributed by atoms with Gasteiger partial charge in [0.05, 0.1) is 4.92 Å². The molecule has 146 valence electrons. The maximum Gasteiger partial charge on any atom is 0.270 e. The molecule has 0 aliphatic rings. The lowest BCUT2D eigenvalue weighted by atomic mass is 10.2. The number of pyridine rings is 1. The third kappa shape index (κ3) is 6.28. The fourth-order valence-corrected chi connectivity index (χ4v) is 2.53. The highest BCUT2D eigenvalue weighted by atomic mass is 16.6. The summed E-state index contributed by atoms with van der Waals surface area (Å²) in [5, 5.41) is 13.6. The molecule has 3 aromatic rings. The number of carbonyl (C=O) groups excluding carboxylic acids is 1. The average Bonchev–Trinajstić information content (AvgIpc) is 2.76. The molecule has 0 spiro atoms. The lowest BCUT2D eigenvalue weighted by Crippen LogP contribution is -2.20. The van der Waals surface area contributed by atoms with Crippen LogP contribution in [-0.2, 0) is 17.9 Å². The summed E-state index contributed by atoms with van der Waals surface area (Å²) in [5.74, 6) is 0.174. The van der Waals surface area contributed by atoms with Gasteiger partial charge in [0.1, 0.15) is 6.61 Å². The summed E-state index contributed by atoms with van der Waals surface area (Å²) in [6.45, 7) is 0.720. The quantitative estimate of drug-likeness (QED) is 0.358. The van der Waals surface area contributed by atoms with E-state index in [2.05, 4.69) is 10.3 Å². The predicted octanol–water partition coefficient (Wildman–Crippen LogP) is 3.90. The van der Waals surface area contributed by atoms with E-state index in [1.807, 2.05) is 30.3 Å². The average molecular weight is 389 g/mol. The molecule has 1 aromatic heterocycles. The number of ether oxygens (including phenoxy) is 1. The molecule has 0 aliphatic heterocycles. The Hall–Kier alpha value is -4.00. The lowest BCUT2D eigenvalue weighted by molar-refractivity contribution is -0.384. The first-order valence-electron chi connectivity index (χ1n) is 8.92. The van der Waals surface area contributed by atoms with Crippen LogP contribution in [0.5, 0.6) is 5.88 Å². The number of hydrogen-bond donors (Lipinski definition) is 1. The summed E-state index contributed by atoms with van der Waals surface area (Å²) in [7, 11) is 0. The minimum atomic E-state index is -0.474. The number of nitro groups is 1. The van der Waals surface area contributed by atoms with Crippen molar-refractivity contribution >= 4 is 17.7 Å². The molecule has 2 aromatic carbocycles. The molecule has 0 atom stereocenters. The molecule has 7 nitrogen and oxygen atoms in total. The predicted molar refractivity (Wildman–Crippen MR) is 109 cm³/mol. The fraction of sp³-hybridized carbons (Fsp3) is 0.0909. The summed E-state index contributed by atoms with van der Waals surface area (Å²) in [6.07, 6.45) is 4.50. The van der Waals surface area contributed by atoms with Gasteiger partial charge in [0.15, 0.2) is 0 Å². The van der Waals surface area contributed by atoms with Gasteiger partial charge in [-0.1, -0.05) is 42.5 Å². The summed E-state index contributed by atoms with van der Waals surface area (Å²) in [5.41, 5.74) is 2.45. The molecule has 0 unspecified atom stereocenters. The first-order valence-corrected chi connectivity index (χ1v) is 8.92. The monoisotopic (exact) mass is 389 g/mol. The van der Waals surface area contributed by atoms with E-state index in [0.29, 0.717) is 24.6 Å². The van der Waals surface area contributed by atoms with Crippen molar-refractivity contribution < 1.29 is 14.5 Å². The van der Waals surface area contributed by atoms with E-state index in [0.717, 1.165) is 11.1 Å². The Morgan fingerprint density at radius 1 is 1.07 bits per heavy atom. The maximum atomic E-state index is 12.0. The number of nitrogens with one attached hydrogen (secondary N) is 1. The van der Waals surface area contributed by atoms with Gasteiger partial charge in [-0.2, -0.15) is 0 Å². The molecule has 1 heterocycles. The van der Waals surface area contributed by atoms with E-state index in [1.54, 1.807) is 30.5 Å². The SMILES string of the molecule is O=C(C=Cc1cccc([N+](=O)[O-])c1)NCc1ccnc(OCc2ccccc2)c1. The van der Waals surface area contributed by atoms with Gasteiger partial charge in [-0.25, -0.2) is 4.98 Å². The summed E-state index contributed by atoms with van der Waals surface area (Å²) in [4.78, 5) is 26.5. The van der Waals surface area contributed by atoms with Crippen molar-refractivity contribution in [2.24, 2.45) is 0 Å². The van der Waals surface area contributed by atoms with Crippen molar-refractivity contribution in [2.75, 3.05) is 0 Å². The molecular formula is C22H19N3O4. The summed E-state index contributed by atoms with van der Waals surface area (Å²) >= 11 is 0. The number of non-ortho nitro benzene ring substituents is 1. The van der Waals surface area contributed by atoms with Gasteiger partial charge >= 0.3 is 0 Å². The fourth-order valence-electron chi connectivity index (χ4n) is 2.53. The third-order valence-corrected chi connectivity index (χ3v) is 4.00. The van der Waals surface area contributed by atoms with Crippen LogP contribution in [0.2, 0.25) is 0 Å². The molecule has 0 aliphatic carbocycles. The molecule has 0 saturated carbocycles. The maximum absolute atomic E-state index is 12.0. The summed E-state index contributed by atoms with van der Waals surface area (Å²) in [6, 6.07) is 19.4. The van der Waals surface area contributed by atoms with Crippen LogP contribution in [0.25, 0.3) is 6.08 Å². The van der Waals surface area contributed by atoms with Crippen LogP contribution < -0.4 is 10.1 Å². The summed E-state index contributed by atoms with van der Waals surface area (Å²) < 4.78 is 5.68. The first-order chi connectivity index (χ1) is 14.1. The van der Waals surface area contributed by atoms with E-state index in [9.17, 15) is 14.9 Å². The molecule has 1 amide bonds. The van der Waals surface area contributed by atoms with Crippen molar-refractivity contribution in [3.8, 4) is 5.88 Å². The smallest absolute Gasteiger partial charge is 0.270 e. The second-order valence-electron chi connectivity index (χ2n) is 6.18.